The van der Waals surface area contributed by atoms with Gasteiger partial charge in [0.15, 0.2) is 0 Å². The molecule has 0 aliphatic carbocycles. The molecule has 0 aliphatic rings. The van der Waals surface area contributed by atoms with Gasteiger partial charge in [0.05, 0.1) is 4.90 Å². The Hall–Kier alpha value is -1.30. The molecule has 0 bridgehead atoms. The fourth-order valence-corrected chi connectivity index (χ4v) is 3.19. The Labute approximate surface area is 121 Å². The van der Waals surface area contributed by atoms with Crippen molar-refractivity contribution in [3.8, 4) is 0 Å². The van der Waals surface area contributed by atoms with Gasteiger partial charge in [-0.15, -0.1) is 0 Å². The number of aryl methyl sites for hydroxylation is 1. The standard InChI is InChI=1S/C12H10Cl2N2O2S/c1-8-5-6-9(13)7-10(8)19(17,18)16-12-4-2-3-11(14)15-12/h2-7H,1H3,(H,15,16). The van der Waals surface area contributed by atoms with Crippen LogP contribution in [0.15, 0.2) is 41.3 Å². The Morgan fingerprint density at radius 1 is 1.16 bits per heavy atom. The monoisotopic (exact) mass is 316 g/mol. The Morgan fingerprint density at radius 3 is 2.58 bits per heavy atom. The summed E-state index contributed by atoms with van der Waals surface area (Å²) in [7, 11) is -3.74. The zero-order chi connectivity index (χ0) is 14.0. The maximum atomic E-state index is 12.2. The van der Waals surface area contributed by atoms with Crippen molar-refractivity contribution in [2.45, 2.75) is 11.8 Å². The zero-order valence-corrected chi connectivity index (χ0v) is 12.2. The van der Waals surface area contributed by atoms with Crippen LogP contribution in [0.3, 0.4) is 0 Å². The van der Waals surface area contributed by atoms with E-state index in [-0.39, 0.29) is 15.9 Å². The second-order valence-electron chi connectivity index (χ2n) is 3.86. The van der Waals surface area contributed by atoms with Crippen LogP contribution in [-0.2, 0) is 10.0 Å². The van der Waals surface area contributed by atoms with Crippen LogP contribution < -0.4 is 4.72 Å². The van der Waals surface area contributed by atoms with Crippen LogP contribution in [0.1, 0.15) is 5.56 Å². The molecule has 1 aromatic carbocycles. The second-order valence-corrected chi connectivity index (χ2v) is 6.34. The second kappa shape index (κ2) is 5.36. The molecule has 0 amide bonds. The fraction of sp³-hybridized carbons (Fsp3) is 0.0833. The maximum Gasteiger partial charge on any atom is 0.263 e. The third kappa shape index (κ3) is 3.37. The topological polar surface area (TPSA) is 59.1 Å². The van der Waals surface area contributed by atoms with Gasteiger partial charge >= 0.3 is 0 Å². The summed E-state index contributed by atoms with van der Waals surface area (Å²) in [4.78, 5) is 3.99. The molecule has 0 saturated heterocycles. The number of aromatic nitrogens is 1. The predicted molar refractivity (Wildman–Crippen MR) is 76.2 cm³/mol. The molecule has 4 nitrogen and oxygen atoms in total. The molecule has 100 valence electrons. The summed E-state index contributed by atoms with van der Waals surface area (Å²) in [6.07, 6.45) is 0. The van der Waals surface area contributed by atoms with Gasteiger partial charge in [0.2, 0.25) is 0 Å². The molecule has 2 aromatic rings. The van der Waals surface area contributed by atoms with E-state index >= 15 is 0 Å². The van der Waals surface area contributed by atoms with Crippen molar-refractivity contribution < 1.29 is 8.42 Å². The van der Waals surface area contributed by atoms with Crippen LogP contribution in [0.4, 0.5) is 5.82 Å². The van der Waals surface area contributed by atoms with E-state index in [4.69, 9.17) is 23.2 Å². The van der Waals surface area contributed by atoms with Crippen LogP contribution in [-0.4, -0.2) is 13.4 Å². The minimum absolute atomic E-state index is 0.113. The summed E-state index contributed by atoms with van der Waals surface area (Å²) in [6, 6.07) is 9.35. The molecule has 0 spiro atoms. The smallest absolute Gasteiger partial charge is 0.263 e. The lowest BCUT2D eigenvalue weighted by Crippen LogP contribution is -2.15. The van der Waals surface area contributed by atoms with Crippen LogP contribution in [0.25, 0.3) is 0 Å². The first-order chi connectivity index (χ1) is 8.88. The lowest BCUT2D eigenvalue weighted by atomic mass is 10.2. The number of sulfonamides is 1. The van der Waals surface area contributed by atoms with Crippen molar-refractivity contribution >= 4 is 39.0 Å². The fourth-order valence-electron chi connectivity index (χ4n) is 1.52. The molecule has 1 N–H and O–H groups in total. The maximum absolute atomic E-state index is 12.2. The van der Waals surface area contributed by atoms with E-state index in [1.807, 2.05) is 0 Å². The van der Waals surface area contributed by atoms with E-state index in [1.165, 1.54) is 12.1 Å². The summed E-state index contributed by atoms with van der Waals surface area (Å²) in [6.45, 7) is 1.69. The quantitative estimate of drug-likeness (QED) is 0.882. The predicted octanol–water partition coefficient (Wildman–Crippen LogP) is 3.50. The zero-order valence-electron chi connectivity index (χ0n) is 9.89. The van der Waals surface area contributed by atoms with Gasteiger partial charge in [0.25, 0.3) is 10.0 Å². The van der Waals surface area contributed by atoms with Crippen LogP contribution in [0, 0.1) is 6.92 Å². The molecule has 1 aromatic heterocycles. The summed E-state index contributed by atoms with van der Waals surface area (Å²) >= 11 is 11.5. The van der Waals surface area contributed by atoms with Gasteiger partial charge < -0.3 is 0 Å². The average molecular weight is 317 g/mol. The molecule has 0 fully saturated rings. The van der Waals surface area contributed by atoms with Gasteiger partial charge in [0.1, 0.15) is 11.0 Å². The first-order valence-corrected chi connectivity index (χ1v) is 7.54. The lowest BCUT2D eigenvalue weighted by molar-refractivity contribution is 0.600. The highest BCUT2D eigenvalue weighted by Crippen LogP contribution is 2.22. The van der Waals surface area contributed by atoms with E-state index in [9.17, 15) is 8.42 Å². The van der Waals surface area contributed by atoms with Crippen molar-refractivity contribution in [3.05, 3.63) is 52.1 Å². The van der Waals surface area contributed by atoms with Crippen molar-refractivity contribution in [2.75, 3.05) is 4.72 Å². The first kappa shape index (κ1) is 14.1. The summed E-state index contributed by atoms with van der Waals surface area (Å²) in [5.74, 6) is 0.159. The Balaban J connectivity index is 2.40. The van der Waals surface area contributed by atoms with Crippen molar-refractivity contribution in [3.63, 3.8) is 0 Å². The average Bonchev–Trinajstić information content (AvgIpc) is 2.31. The lowest BCUT2D eigenvalue weighted by Gasteiger charge is -2.10. The van der Waals surface area contributed by atoms with E-state index in [1.54, 1.807) is 31.2 Å². The summed E-state index contributed by atoms with van der Waals surface area (Å²) in [5.41, 5.74) is 0.596. The van der Waals surface area contributed by atoms with Crippen LogP contribution in [0.2, 0.25) is 10.2 Å². The highest BCUT2D eigenvalue weighted by atomic mass is 35.5. The highest BCUT2D eigenvalue weighted by Gasteiger charge is 2.18. The van der Waals surface area contributed by atoms with E-state index in [2.05, 4.69) is 9.71 Å². The highest BCUT2D eigenvalue weighted by molar-refractivity contribution is 7.92. The third-order valence-corrected chi connectivity index (χ3v) is 4.34. The van der Waals surface area contributed by atoms with Gasteiger partial charge in [-0.3, -0.25) is 4.72 Å². The van der Waals surface area contributed by atoms with Crippen molar-refractivity contribution in [1.82, 2.24) is 4.98 Å². The molecule has 7 heteroatoms. The molecule has 0 atom stereocenters. The largest absolute Gasteiger partial charge is 0.263 e. The van der Waals surface area contributed by atoms with E-state index < -0.39 is 10.0 Å². The number of anilines is 1. The molecular formula is C12H10Cl2N2O2S. The molecule has 0 radical (unpaired) electrons. The Bertz CT molecular complexity index is 717. The summed E-state index contributed by atoms with van der Waals surface area (Å²) < 4.78 is 26.8. The molecule has 0 aliphatic heterocycles. The molecule has 0 saturated carbocycles. The van der Waals surface area contributed by atoms with Crippen molar-refractivity contribution in [1.29, 1.82) is 0 Å². The molecule has 0 unspecified atom stereocenters. The van der Waals surface area contributed by atoms with E-state index in [0.717, 1.165) is 0 Å². The van der Waals surface area contributed by atoms with E-state index in [0.29, 0.717) is 10.6 Å². The number of hydrogen-bond donors (Lipinski definition) is 1. The van der Waals surface area contributed by atoms with Gasteiger partial charge in [0, 0.05) is 5.02 Å². The van der Waals surface area contributed by atoms with Gasteiger partial charge in [-0.1, -0.05) is 35.3 Å². The minimum Gasteiger partial charge on any atom is -0.263 e. The number of benzene rings is 1. The molecular weight excluding hydrogens is 307 g/mol. The normalized spacial score (nSPS) is 11.3. The van der Waals surface area contributed by atoms with Gasteiger partial charge in [-0.2, -0.15) is 0 Å². The first-order valence-electron chi connectivity index (χ1n) is 5.30. The number of hydrogen-bond acceptors (Lipinski definition) is 3. The minimum atomic E-state index is -3.74. The SMILES string of the molecule is Cc1ccc(Cl)cc1S(=O)(=O)Nc1cccc(Cl)n1. The number of pyridine rings is 1. The van der Waals surface area contributed by atoms with Gasteiger partial charge in [-0.05, 0) is 36.8 Å². The van der Waals surface area contributed by atoms with Gasteiger partial charge in [-0.25, -0.2) is 13.4 Å². The Morgan fingerprint density at radius 2 is 1.89 bits per heavy atom. The van der Waals surface area contributed by atoms with Crippen LogP contribution in [0.5, 0.6) is 0 Å². The van der Waals surface area contributed by atoms with Crippen molar-refractivity contribution in [2.24, 2.45) is 0 Å². The number of halogens is 2. The number of nitrogens with one attached hydrogen (secondary N) is 1. The number of rotatable bonds is 3. The van der Waals surface area contributed by atoms with Crippen LogP contribution >= 0.6 is 23.2 Å². The third-order valence-electron chi connectivity index (χ3n) is 2.39. The Kier molecular flexibility index (Phi) is 3.99. The molecule has 2 rings (SSSR count). The molecule has 19 heavy (non-hydrogen) atoms. The number of nitrogens with zero attached hydrogens (tertiary/aromatic N) is 1. The molecule has 1 heterocycles. The summed E-state index contributed by atoms with van der Waals surface area (Å²) in [5, 5.41) is 0.563.